The number of hydrogen-bond acceptors (Lipinski definition) is 4. The molecule has 0 amide bonds. The molecule has 0 fully saturated rings. The minimum atomic E-state index is -0.0281. The van der Waals surface area contributed by atoms with Crippen LogP contribution < -0.4 is 0 Å². The van der Waals surface area contributed by atoms with E-state index in [1.165, 1.54) is 77.2 Å². The second-order valence-corrected chi connectivity index (χ2v) is 21.6. The van der Waals surface area contributed by atoms with E-state index in [2.05, 4.69) is 275 Å². The van der Waals surface area contributed by atoms with Crippen molar-refractivity contribution in [2.24, 2.45) is 0 Å². The van der Waals surface area contributed by atoms with E-state index in [-0.39, 0.29) is 5.41 Å². The van der Waals surface area contributed by atoms with E-state index in [1.807, 2.05) is 30.3 Å². The van der Waals surface area contributed by atoms with Crippen LogP contribution in [0, 0.1) is 0 Å². The summed E-state index contributed by atoms with van der Waals surface area (Å²) in [6.45, 7) is 4.67. The fourth-order valence-electron chi connectivity index (χ4n) is 11.4. The van der Waals surface area contributed by atoms with Gasteiger partial charge in [0, 0.05) is 47.0 Å². The van der Waals surface area contributed by atoms with E-state index in [0.29, 0.717) is 0 Å². The number of rotatable bonds is 5. The summed E-state index contributed by atoms with van der Waals surface area (Å²) in [6.07, 6.45) is 0. The van der Waals surface area contributed by atoms with Gasteiger partial charge in [0.05, 0.1) is 11.0 Å². The van der Waals surface area contributed by atoms with Crippen LogP contribution in [0.4, 0.5) is 0 Å². The Morgan fingerprint density at radius 1 is 0.307 bits per heavy atom. The van der Waals surface area contributed by atoms with Crippen molar-refractivity contribution in [3.05, 3.63) is 251 Å². The number of nitrogens with zero attached hydrogens (tertiary/aromatic N) is 6. The summed E-state index contributed by atoms with van der Waals surface area (Å²) in [6, 6.07) is 82.0. The van der Waals surface area contributed by atoms with Gasteiger partial charge in [0.15, 0.2) is 22.9 Å². The number of fused-ring (bicyclic) bond motifs is 15. The predicted octanol–water partition coefficient (Wildman–Crippen LogP) is 18.2. The maximum Gasteiger partial charge on any atom is 0.169 e. The Kier molecular flexibility index (Phi) is 10.7. The van der Waals surface area contributed by atoms with Gasteiger partial charge in [0.1, 0.15) is 0 Å². The summed E-state index contributed by atoms with van der Waals surface area (Å²) in [5.74, 6) is 1.69. The maximum absolute atomic E-state index is 4.65. The van der Waals surface area contributed by atoms with Gasteiger partial charge >= 0.3 is 0 Å². The molecule has 0 saturated carbocycles. The van der Waals surface area contributed by atoms with Crippen molar-refractivity contribution in [2.45, 2.75) is 19.3 Å². The molecule has 1 aliphatic rings. The summed E-state index contributed by atoms with van der Waals surface area (Å²) < 4.78 is 6.47. The highest BCUT2D eigenvalue weighted by atomic mass is 79.9. The average Bonchev–Trinajstić information content (AvgIpc) is 4.24. The van der Waals surface area contributed by atoms with Crippen molar-refractivity contribution >= 4 is 86.5 Å². The van der Waals surface area contributed by atoms with Gasteiger partial charge in [0.2, 0.25) is 0 Å². The number of halogens is 2. The molecule has 0 radical (unpaired) electrons. The molecule has 75 heavy (non-hydrogen) atoms. The maximum atomic E-state index is 4.65. The Morgan fingerprint density at radius 2 is 0.693 bits per heavy atom. The SMILES string of the molecule is Brc1ccc(-c2nnc3c4ccccc4c4cc(-c5ccc(-c6ccccc6)cc5)ccc4n23)cc1.CC1(C)c2ccccc2-c2ccc(-c3ccc4c(c3)c3ccccc3c3nnc(-c5ccc(Br)cc5)n43)cc21. The molecule has 0 atom stereocenters. The van der Waals surface area contributed by atoms with Gasteiger partial charge < -0.3 is 0 Å². The molecule has 356 valence electrons. The van der Waals surface area contributed by atoms with Crippen molar-refractivity contribution in [1.29, 1.82) is 0 Å². The molecular formula is C67H44Br2N6. The third-order valence-electron chi connectivity index (χ3n) is 15.2. The van der Waals surface area contributed by atoms with Crippen LogP contribution in [0.3, 0.4) is 0 Å². The lowest BCUT2D eigenvalue weighted by Crippen LogP contribution is -2.14. The van der Waals surface area contributed by atoms with Crippen molar-refractivity contribution < 1.29 is 0 Å². The first kappa shape index (κ1) is 45.1. The molecule has 10 aromatic carbocycles. The van der Waals surface area contributed by atoms with E-state index in [9.17, 15) is 0 Å². The lowest BCUT2D eigenvalue weighted by Gasteiger charge is -2.22. The van der Waals surface area contributed by atoms with Crippen LogP contribution in [0.15, 0.2) is 239 Å². The number of benzene rings is 10. The highest BCUT2D eigenvalue weighted by molar-refractivity contribution is 9.10. The fraction of sp³-hybridized carbons (Fsp3) is 0.0448. The molecule has 15 rings (SSSR count). The topological polar surface area (TPSA) is 60.4 Å². The van der Waals surface area contributed by atoms with Gasteiger partial charge in [-0.15, -0.1) is 20.4 Å². The molecule has 0 spiro atoms. The highest BCUT2D eigenvalue weighted by Crippen LogP contribution is 2.50. The zero-order chi connectivity index (χ0) is 50.4. The lowest BCUT2D eigenvalue weighted by atomic mass is 9.81. The zero-order valence-electron chi connectivity index (χ0n) is 40.9. The molecule has 1 aliphatic carbocycles. The first-order chi connectivity index (χ1) is 36.8. The summed E-state index contributed by atoms with van der Waals surface area (Å²) in [7, 11) is 0. The molecule has 0 unspecified atom stereocenters. The Balaban J connectivity index is 0.000000138. The minimum absolute atomic E-state index is 0.0281. The van der Waals surface area contributed by atoms with E-state index >= 15 is 0 Å². The largest absolute Gasteiger partial charge is 0.274 e. The molecule has 6 nitrogen and oxygen atoms in total. The molecule has 0 bridgehead atoms. The van der Waals surface area contributed by atoms with E-state index in [0.717, 1.165) is 64.8 Å². The number of hydrogen-bond donors (Lipinski definition) is 0. The molecule has 4 aromatic heterocycles. The van der Waals surface area contributed by atoms with Crippen LogP contribution in [0.5, 0.6) is 0 Å². The highest BCUT2D eigenvalue weighted by Gasteiger charge is 2.35. The third kappa shape index (κ3) is 7.50. The van der Waals surface area contributed by atoms with Gasteiger partial charge in [-0.3, -0.25) is 8.80 Å². The summed E-state index contributed by atoms with van der Waals surface area (Å²) in [5, 5.41) is 25.5. The van der Waals surface area contributed by atoms with Crippen molar-refractivity contribution in [1.82, 2.24) is 29.2 Å². The van der Waals surface area contributed by atoms with Crippen LogP contribution in [0.25, 0.3) is 122 Å². The first-order valence-corrected chi connectivity index (χ1v) is 26.7. The van der Waals surface area contributed by atoms with Gasteiger partial charge in [-0.2, -0.15) is 0 Å². The van der Waals surface area contributed by atoms with E-state index in [4.69, 9.17) is 0 Å². The molecule has 14 aromatic rings. The normalized spacial score (nSPS) is 12.6. The summed E-state index contributed by atoms with van der Waals surface area (Å²) >= 11 is 7.09. The van der Waals surface area contributed by atoms with Crippen LogP contribution >= 0.6 is 31.9 Å². The standard InChI is InChI=1S/C35H24BrN3.C32H20BrN3/c1-35(2)30-10-6-5-8-26(30)27-17-13-23(20-31(27)35)22-14-18-32-29(19-22)25-7-3-4-9-28(25)34-38-37-33(39(32)34)21-11-15-24(36)16-12-21;33-26-17-14-24(15-18-26)31-34-35-32-28-9-5-4-8-27(28)29-20-25(16-19-30(29)36(31)32)23-12-10-22(11-13-23)21-6-2-1-3-7-21/h3-20H,1-2H3;1-20H. The monoisotopic (exact) mass is 1090 g/mol. The average molecular weight is 1090 g/mol. The van der Waals surface area contributed by atoms with Crippen LogP contribution in [0.1, 0.15) is 25.0 Å². The van der Waals surface area contributed by atoms with E-state index in [1.54, 1.807) is 0 Å². The van der Waals surface area contributed by atoms with Crippen LogP contribution in [-0.4, -0.2) is 29.2 Å². The number of aromatic nitrogens is 6. The second-order valence-electron chi connectivity index (χ2n) is 19.8. The van der Waals surface area contributed by atoms with Crippen molar-refractivity contribution in [3.8, 4) is 67.3 Å². The second kappa shape index (κ2) is 17.8. The van der Waals surface area contributed by atoms with E-state index < -0.39 is 0 Å². The van der Waals surface area contributed by atoms with Gasteiger partial charge in [-0.05, 0) is 121 Å². The van der Waals surface area contributed by atoms with Gasteiger partial charge in [-0.25, -0.2) is 0 Å². The van der Waals surface area contributed by atoms with Crippen molar-refractivity contribution in [3.63, 3.8) is 0 Å². The Morgan fingerprint density at radius 3 is 1.24 bits per heavy atom. The minimum Gasteiger partial charge on any atom is -0.274 e. The quantitative estimate of drug-likeness (QED) is 0.161. The number of pyridine rings is 2. The Labute approximate surface area is 449 Å². The van der Waals surface area contributed by atoms with Crippen molar-refractivity contribution in [2.75, 3.05) is 0 Å². The van der Waals surface area contributed by atoms with Crippen LogP contribution in [-0.2, 0) is 5.41 Å². The smallest absolute Gasteiger partial charge is 0.169 e. The predicted molar refractivity (Wildman–Crippen MR) is 316 cm³/mol. The Bertz CT molecular complexity index is 4560. The summed E-state index contributed by atoms with van der Waals surface area (Å²) in [4.78, 5) is 0. The molecule has 0 aliphatic heterocycles. The third-order valence-corrected chi connectivity index (χ3v) is 16.2. The Hall–Kier alpha value is -8.56. The summed E-state index contributed by atoms with van der Waals surface area (Å²) in [5.41, 5.74) is 18.7. The lowest BCUT2D eigenvalue weighted by molar-refractivity contribution is 0.660. The molecule has 0 saturated heterocycles. The molecule has 4 heterocycles. The molecule has 0 N–H and O–H groups in total. The van der Waals surface area contributed by atoms with Gasteiger partial charge in [-0.1, -0.05) is 222 Å². The first-order valence-electron chi connectivity index (χ1n) is 25.1. The zero-order valence-corrected chi connectivity index (χ0v) is 44.1. The fourth-order valence-corrected chi connectivity index (χ4v) is 11.9. The van der Waals surface area contributed by atoms with Gasteiger partial charge in [0.25, 0.3) is 0 Å². The molecule has 8 heteroatoms. The van der Waals surface area contributed by atoms with Crippen LogP contribution in [0.2, 0.25) is 0 Å². The molecular weight excluding hydrogens is 1050 g/mol.